The molecule has 0 aliphatic carbocycles. The van der Waals surface area contributed by atoms with E-state index in [1.807, 2.05) is 24.3 Å². The number of hydrogen-bond donors (Lipinski definition) is 3. The summed E-state index contributed by atoms with van der Waals surface area (Å²) in [6, 6.07) is 7.96. The van der Waals surface area contributed by atoms with Gasteiger partial charge in [-0.25, -0.2) is 0 Å². The van der Waals surface area contributed by atoms with Crippen LogP contribution in [-0.2, 0) is 5.41 Å². The first-order valence-corrected chi connectivity index (χ1v) is 6.89. The molecule has 0 atom stereocenters. The van der Waals surface area contributed by atoms with Crippen molar-refractivity contribution >= 4 is 23.0 Å². The van der Waals surface area contributed by atoms with Gasteiger partial charge in [0.05, 0.1) is 5.71 Å². The van der Waals surface area contributed by atoms with Gasteiger partial charge >= 0.3 is 0 Å². The maximum absolute atomic E-state index is 10.2. The van der Waals surface area contributed by atoms with Gasteiger partial charge in [0.2, 0.25) is 0 Å². The van der Waals surface area contributed by atoms with Gasteiger partial charge in [0.1, 0.15) is 5.60 Å². The van der Waals surface area contributed by atoms with Crippen LogP contribution in [0.1, 0.15) is 45.7 Å². The van der Waals surface area contributed by atoms with Gasteiger partial charge in [0.15, 0.2) is 5.11 Å². The molecule has 0 radical (unpaired) electrons. The number of nitrogens with one attached hydrogen (secondary N) is 1. The minimum absolute atomic E-state index is 0.0676. The van der Waals surface area contributed by atoms with Crippen LogP contribution in [0.2, 0.25) is 0 Å². The van der Waals surface area contributed by atoms with Gasteiger partial charge < -0.3 is 10.8 Å². The smallest absolute Gasteiger partial charge is 0.184 e. The number of aliphatic hydroxyl groups is 1. The molecule has 0 aromatic heterocycles. The number of nitrogens with zero attached hydrogens (tertiary/aromatic N) is 1. The first-order chi connectivity index (χ1) is 9.01. The van der Waals surface area contributed by atoms with E-state index in [1.165, 1.54) is 5.56 Å². The van der Waals surface area contributed by atoms with E-state index < -0.39 is 5.60 Å². The molecule has 1 aromatic rings. The molecule has 0 aliphatic rings. The second-order valence-electron chi connectivity index (χ2n) is 6.32. The third kappa shape index (κ3) is 4.58. The zero-order chi connectivity index (χ0) is 15.6. The monoisotopic (exact) mass is 293 g/mol. The third-order valence-electron chi connectivity index (χ3n) is 2.88. The Kier molecular flexibility index (Phi) is 4.89. The largest absolute Gasteiger partial charge is 0.384 e. The van der Waals surface area contributed by atoms with Crippen LogP contribution < -0.4 is 11.2 Å². The lowest BCUT2D eigenvalue weighted by atomic mass is 9.85. The highest BCUT2D eigenvalue weighted by Crippen LogP contribution is 2.23. The zero-order valence-electron chi connectivity index (χ0n) is 12.7. The lowest BCUT2D eigenvalue weighted by Gasteiger charge is -2.22. The predicted octanol–water partition coefficient (Wildman–Crippen LogP) is 2.29. The summed E-state index contributed by atoms with van der Waals surface area (Å²) < 4.78 is 0. The van der Waals surface area contributed by atoms with Crippen LogP contribution in [0.4, 0.5) is 0 Å². The summed E-state index contributed by atoms with van der Waals surface area (Å²) in [5.74, 6) is 0. The SMILES string of the molecule is CC(C)(O)/C(=N\NC(N)=S)c1ccc(C(C)(C)C)cc1. The van der Waals surface area contributed by atoms with Crippen molar-refractivity contribution in [3.05, 3.63) is 35.4 Å². The fourth-order valence-corrected chi connectivity index (χ4v) is 1.84. The topological polar surface area (TPSA) is 70.6 Å². The fraction of sp³-hybridized carbons (Fsp3) is 0.467. The maximum atomic E-state index is 10.2. The summed E-state index contributed by atoms with van der Waals surface area (Å²) in [6.07, 6.45) is 0. The molecule has 4 nitrogen and oxygen atoms in total. The van der Waals surface area contributed by atoms with Crippen LogP contribution in [0.5, 0.6) is 0 Å². The minimum Gasteiger partial charge on any atom is -0.384 e. The first kappa shape index (κ1) is 16.6. The first-order valence-electron chi connectivity index (χ1n) is 6.48. The Bertz CT molecular complexity index is 507. The molecule has 0 saturated carbocycles. The molecule has 20 heavy (non-hydrogen) atoms. The van der Waals surface area contributed by atoms with E-state index >= 15 is 0 Å². The molecule has 1 rings (SSSR count). The van der Waals surface area contributed by atoms with Crippen LogP contribution in [0.3, 0.4) is 0 Å². The van der Waals surface area contributed by atoms with E-state index in [0.717, 1.165) is 5.56 Å². The molecule has 0 saturated heterocycles. The van der Waals surface area contributed by atoms with Gasteiger partial charge in [-0.1, -0.05) is 45.0 Å². The highest BCUT2D eigenvalue weighted by Gasteiger charge is 2.24. The summed E-state index contributed by atoms with van der Waals surface area (Å²) in [5.41, 5.74) is 9.44. The van der Waals surface area contributed by atoms with E-state index in [-0.39, 0.29) is 10.5 Å². The van der Waals surface area contributed by atoms with Crippen LogP contribution in [0.25, 0.3) is 0 Å². The molecule has 1 aromatic carbocycles. The van der Waals surface area contributed by atoms with E-state index in [2.05, 4.69) is 31.3 Å². The van der Waals surface area contributed by atoms with E-state index in [1.54, 1.807) is 13.8 Å². The molecule has 0 spiro atoms. The van der Waals surface area contributed by atoms with Gasteiger partial charge in [0, 0.05) is 5.56 Å². The second kappa shape index (κ2) is 5.89. The normalized spacial score (nSPS) is 13.2. The summed E-state index contributed by atoms with van der Waals surface area (Å²) in [7, 11) is 0. The molecular weight excluding hydrogens is 270 g/mol. The molecule has 0 bridgehead atoms. The van der Waals surface area contributed by atoms with Gasteiger partial charge in [-0.15, -0.1) is 0 Å². The molecule has 0 amide bonds. The molecule has 0 fully saturated rings. The maximum Gasteiger partial charge on any atom is 0.184 e. The number of thiocarbonyl (C=S) groups is 1. The Morgan fingerprint density at radius 2 is 1.65 bits per heavy atom. The van der Waals surface area contributed by atoms with E-state index in [9.17, 15) is 5.11 Å². The average molecular weight is 293 g/mol. The minimum atomic E-state index is -1.10. The predicted molar refractivity (Wildman–Crippen MR) is 87.9 cm³/mol. The fourth-order valence-electron chi connectivity index (χ4n) is 1.79. The molecule has 110 valence electrons. The lowest BCUT2D eigenvalue weighted by molar-refractivity contribution is 0.154. The number of hydrazone groups is 1. The molecule has 0 aliphatic heterocycles. The van der Waals surface area contributed by atoms with Crippen molar-refractivity contribution in [3.63, 3.8) is 0 Å². The highest BCUT2D eigenvalue weighted by atomic mass is 32.1. The molecule has 4 N–H and O–H groups in total. The van der Waals surface area contributed by atoms with Crippen LogP contribution in [-0.4, -0.2) is 21.5 Å². The van der Waals surface area contributed by atoms with Crippen molar-refractivity contribution in [3.8, 4) is 0 Å². The van der Waals surface area contributed by atoms with Gasteiger partial charge in [-0.2, -0.15) is 5.10 Å². The van der Waals surface area contributed by atoms with Crippen molar-refractivity contribution in [2.45, 2.75) is 45.6 Å². The number of rotatable bonds is 3. The lowest BCUT2D eigenvalue weighted by Crippen LogP contribution is -2.36. The summed E-state index contributed by atoms with van der Waals surface area (Å²) >= 11 is 4.73. The van der Waals surface area contributed by atoms with Gasteiger partial charge in [-0.05, 0) is 37.0 Å². The van der Waals surface area contributed by atoms with Crippen molar-refractivity contribution in [1.82, 2.24) is 5.43 Å². The van der Waals surface area contributed by atoms with Crippen molar-refractivity contribution in [2.24, 2.45) is 10.8 Å². The Morgan fingerprint density at radius 3 is 2.00 bits per heavy atom. The molecule has 0 heterocycles. The van der Waals surface area contributed by atoms with Crippen molar-refractivity contribution < 1.29 is 5.11 Å². The second-order valence-corrected chi connectivity index (χ2v) is 6.76. The average Bonchev–Trinajstić information content (AvgIpc) is 2.26. The van der Waals surface area contributed by atoms with Crippen molar-refractivity contribution in [1.29, 1.82) is 0 Å². The Morgan fingerprint density at radius 1 is 1.15 bits per heavy atom. The third-order valence-corrected chi connectivity index (χ3v) is 2.97. The van der Waals surface area contributed by atoms with Crippen LogP contribution in [0.15, 0.2) is 29.4 Å². The summed E-state index contributed by atoms with van der Waals surface area (Å²) in [4.78, 5) is 0. The highest BCUT2D eigenvalue weighted by molar-refractivity contribution is 7.80. The number of nitrogens with two attached hydrogens (primary N) is 1. The quantitative estimate of drug-likeness (QED) is 0.454. The summed E-state index contributed by atoms with van der Waals surface area (Å²) in [5, 5.41) is 14.4. The summed E-state index contributed by atoms with van der Waals surface area (Å²) in [6.45, 7) is 9.81. The Labute approximate surface area is 126 Å². The Balaban J connectivity index is 3.16. The van der Waals surface area contributed by atoms with Gasteiger partial charge in [0.25, 0.3) is 0 Å². The Hall–Kier alpha value is -1.46. The van der Waals surface area contributed by atoms with Crippen LogP contribution in [0, 0.1) is 0 Å². The van der Waals surface area contributed by atoms with E-state index in [4.69, 9.17) is 18.0 Å². The molecular formula is C15H23N3OS. The number of hydrogen-bond acceptors (Lipinski definition) is 3. The standard InChI is InChI=1S/C15H23N3OS/c1-14(2,3)11-8-6-10(7-9-11)12(15(4,5)19)17-18-13(16)20/h6-9,19H,1-5H3,(H3,16,18,20)/b17-12-. The zero-order valence-corrected chi connectivity index (χ0v) is 13.5. The molecule has 0 unspecified atom stereocenters. The van der Waals surface area contributed by atoms with Crippen molar-refractivity contribution in [2.75, 3.05) is 0 Å². The van der Waals surface area contributed by atoms with E-state index in [0.29, 0.717) is 5.71 Å². The molecule has 5 heteroatoms. The van der Waals surface area contributed by atoms with Gasteiger partial charge in [-0.3, -0.25) is 5.43 Å². The number of benzene rings is 1. The van der Waals surface area contributed by atoms with Crippen LogP contribution >= 0.6 is 12.2 Å².